The standard InChI is InChI=1S/C19H23N3O2/c1-2-15-7-6-12-21(13-15)19(24)14-22-18(23)11-10-17(20-22)16-8-4-3-5-9-16/h3-5,8-11,15H,2,6-7,12-14H2,1H3. The fourth-order valence-corrected chi connectivity index (χ4v) is 3.18. The molecule has 0 saturated carbocycles. The van der Waals surface area contributed by atoms with Gasteiger partial charge in [-0.2, -0.15) is 5.10 Å². The van der Waals surface area contributed by atoms with Crippen LogP contribution >= 0.6 is 0 Å². The molecule has 1 saturated heterocycles. The van der Waals surface area contributed by atoms with E-state index in [0.29, 0.717) is 11.6 Å². The summed E-state index contributed by atoms with van der Waals surface area (Å²) < 4.78 is 1.28. The molecule has 1 aliphatic heterocycles. The normalized spacial score (nSPS) is 17.7. The second-order valence-electron chi connectivity index (χ2n) is 6.34. The predicted octanol–water partition coefficient (Wildman–Crippen LogP) is 2.56. The molecule has 1 fully saturated rings. The summed E-state index contributed by atoms with van der Waals surface area (Å²) in [6.07, 6.45) is 3.31. The fourth-order valence-electron chi connectivity index (χ4n) is 3.18. The van der Waals surface area contributed by atoms with E-state index >= 15 is 0 Å². The predicted molar refractivity (Wildman–Crippen MR) is 93.5 cm³/mol. The van der Waals surface area contributed by atoms with Crippen molar-refractivity contribution in [1.82, 2.24) is 14.7 Å². The van der Waals surface area contributed by atoms with Crippen LogP contribution < -0.4 is 5.56 Å². The molecule has 0 radical (unpaired) electrons. The number of hydrogen-bond acceptors (Lipinski definition) is 3. The molecule has 0 N–H and O–H groups in total. The molecule has 2 aromatic rings. The van der Waals surface area contributed by atoms with Crippen LogP contribution in [0.4, 0.5) is 0 Å². The van der Waals surface area contributed by atoms with Gasteiger partial charge in [-0.25, -0.2) is 4.68 Å². The molecule has 126 valence electrons. The molecule has 1 unspecified atom stereocenters. The molecule has 24 heavy (non-hydrogen) atoms. The zero-order chi connectivity index (χ0) is 16.9. The molecule has 3 rings (SSSR count). The van der Waals surface area contributed by atoms with Gasteiger partial charge < -0.3 is 4.90 Å². The van der Waals surface area contributed by atoms with Gasteiger partial charge in [0.2, 0.25) is 5.91 Å². The Kier molecular flexibility index (Phi) is 5.08. The third kappa shape index (κ3) is 3.72. The van der Waals surface area contributed by atoms with Gasteiger partial charge in [-0.15, -0.1) is 0 Å². The van der Waals surface area contributed by atoms with Gasteiger partial charge in [0, 0.05) is 24.7 Å². The van der Waals surface area contributed by atoms with Crippen molar-refractivity contribution in [1.29, 1.82) is 0 Å². The van der Waals surface area contributed by atoms with Crippen LogP contribution in [0.2, 0.25) is 0 Å². The fraction of sp³-hybridized carbons (Fsp3) is 0.421. The quantitative estimate of drug-likeness (QED) is 0.868. The van der Waals surface area contributed by atoms with Crippen LogP contribution in [0.1, 0.15) is 26.2 Å². The van der Waals surface area contributed by atoms with E-state index in [4.69, 9.17) is 0 Å². The van der Waals surface area contributed by atoms with E-state index in [-0.39, 0.29) is 18.0 Å². The number of carbonyl (C=O) groups excluding carboxylic acids is 1. The Morgan fingerprint density at radius 2 is 2.00 bits per heavy atom. The van der Waals surface area contributed by atoms with Crippen molar-refractivity contribution in [2.45, 2.75) is 32.7 Å². The first-order valence-corrected chi connectivity index (χ1v) is 8.58. The molecule has 1 aliphatic rings. The van der Waals surface area contributed by atoms with Crippen molar-refractivity contribution in [3.63, 3.8) is 0 Å². The monoisotopic (exact) mass is 325 g/mol. The summed E-state index contributed by atoms with van der Waals surface area (Å²) in [7, 11) is 0. The first-order valence-electron chi connectivity index (χ1n) is 8.58. The largest absolute Gasteiger partial charge is 0.341 e. The Balaban J connectivity index is 1.77. The first-order chi connectivity index (χ1) is 11.7. The Morgan fingerprint density at radius 3 is 2.75 bits per heavy atom. The zero-order valence-corrected chi connectivity index (χ0v) is 14.0. The van der Waals surface area contributed by atoms with Crippen molar-refractivity contribution in [3.05, 3.63) is 52.8 Å². The molecule has 1 atom stereocenters. The Morgan fingerprint density at radius 1 is 1.21 bits per heavy atom. The molecule has 0 bridgehead atoms. The summed E-state index contributed by atoms with van der Waals surface area (Å²) in [5.74, 6) is 0.552. The van der Waals surface area contributed by atoms with Crippen LogP contribution in [-0.2, 0) is 11.3 Å². The highest BCUT2D eigenvalue weighted by molar-refractivity contribution is 5.76. The van der Waals surface area contributed by atoms with Crippen LogP contribution in [0, 0.1) is 5.92 Å². The molecule has 5 heteroatoms. The average molecular weight is 325 g/mol. The lowest BCUT2D eigenvalue weighted by atomic mass is 9.96. The molecule has 5 nitrogen and oxygen atoms in total. The van der Waals surface area contributed by atoms with E-state index in [9.17, 15) is 9.59 Å². The van der Waals surface area contributed by atoms with Crippen molar-refractivity contribution in [2.75, 3.05) is 13.1 Å². The molecule has 0 spiro atoms. The summed E-state index contributed by atoms with van der Waals surface area (Å²) in [5, 5.41) is 4.37. The van der Waals surface area contributed by atoms with Gasteiger partial charge in [0.1, 0.15) is 6.54 Å². The summed E-state index contributed by atoms with van der Waals surface area (Å²) in [6.45, 7) is 3.74. The number of aromatic nitrogens is 2. The van der Waals surface area contributed by atoms with Crippen LogP contribution in [0.15, 0.2) is 47.3 Å². The van der Waals surface area contributed by atoms with Gasteiger partial charge in [0.05, 0.1) is 5.69 Å². The minimum Gasteiger partial charge on any atom is -0.341 e. The lowest BCUT2D eigenvalue weighted by molar-refractivity contribution is -0.133. The molecule has 0 aliphatic carbocycles. The Hall–Kier alpha value is -2.43. The lowest BCUT2D eigenvalue weighted by Gasteiger charge is -2.32. The number of hydrogen-bond donors (Lipinski definition) is 0. The second kappa shape index (κ2) is 7.43. The molecular formula is C19H23N3O2. The number of piperidine rings is 1. The Bertz CT molecular complexity index is 755. The van der Waals surface area contributed by atoms with Gasteiger partial charge in [0.25, 0.3) is 5.56 Å². The average Bonchev–Trinajstić information content (AvgIpc) is 2.64. The van der Waals surface area contributed by atoms with E-state index < -0.39 is 0 Å². The number of benzene rings is 1. The topological polar surface area (TPSA) is 55.2 Å². The minimum absolute atomic E-state index is 0.00986. The van der Waals surface area contributed by atoms with Crippen LogP contribution in [-0.4, -0.2) is 33.7 Å². The van der Waals surface area contributed by atoms with Gasteiger partial charge in [-0.05, 0) is 24.8 Å². The molecule has 1 aromatic carbocycles. The summed E-state index contributed by atoms with van der Waals surface area (Å²) in [4.78, 5) is 26.5. The molecule has 1 aromatic heterocycles. The third-order valence-electron chi connectivity index (χ3n) is 4.67. The molecular weight excluding hydrogens is 302 g/mol. The summed E-state index contributed by atoms with van der Waals surface area (Å²) >= 11 is 0. The van der Waals surface area contributed by atoms with E-state index in [0.717, 1.165) is 31.5 Å². The molecule has 1 amide bonds. The second-order valence-corrected chi connectivity index (χ2v) is 6.34. The maximum Gasteiger partial charge on any atom is 0.267 e. The highest BCUT2D eigenvalue weighted by Gasteiger charge is 2.23. The highest BCUT2D eigenvalue weighted by Crippen LogP contribution is 2.19. The van der Waals surface area contributed by atoms with Crippen molar-refractivity contribution in [2.24, 2.45) is 5.92 Å². The van der Waals surface area contributed by atoms with E-state index in [1.807, 2.05) is 35.2 Å². The maximum atomic E-state index is 12.6. The zero-order valence-electron chi connectivity index (χ0n) is 14.0. The minimum atomic E-state index is -0.243. The number of amides is 1. The number of carbonyl (C=O) groups is 1. The van der Waals surface area contributed by atoms with Crippen LogP contribution in [0.3, 0.4) is 0 Å². The number of likely N-dealkylation sites (tertiary alicyclic amines) is 1. The van der Waals surface area contributed by atoms with E-state index in [1.165, 1.54) is 17.2 Å². The van der Waals surface area contributed by atoms with Crippen molar-refractivity contribution < 1.29 is 4.79 Å². The smallest absolute Gasteiger partial charge is 0.267 e. The first kappa shape index (κ1) is 16.4. The van der Waals surface area contributed by atoms with E-state index in [1.54, 1.807) is 6.07 Å². The SMILES string of the molecule is CCC1CCCN(C(=O)Cn2nc(-c3ccccc3)ccc2=O)C1. The van der Waals surface area contributed by atoms with Crippen molar-refractivity contribution in [3.8, 4) is 11.3 Å². The number of nitrogens with zero attached hydrogens (tertiary/aromatic N) is 3. The maximum absolute atomic E-state index is 12.6. The summed E-state index contributed by atoms with van der Waals surface area (Å²) in [5.41, 5.74) is 1.39. The van der Waals surface area contributed by atoms with Crippen LogP contribution in [0.25, 0.3) is 11.3 Å². The van der Waals surface area contributed by atoms with Gasteiger partial charge in [0.15, 0.2) is 0 Å². The van der Waals surface area contributed by atoms with Gasteiger partial charge in [-0.1, -0.05) is 43.7 Å². The lowest BCUT2D eigenvalue weighted by Crippen LogP contribution is -2.43. The Labute approximate surface area is 141 Å². The number of rotatable bonds is 4. The highest BCUT2D eigenvalue weighted by atomic mass is 16.2. The van der Waals surface area contributed by atoms with Crippen molar-refractivity contribution >= 4 is 5.91 Å². The van der Waals surface area contributed by atoms with Gasteiger partial charge >= 0.3 is 0 Å². The van der Waals surface area contributed by atoms with E-state index in [2.05, 4.69) is 12.0 Å². The van der Waals surface area contributed by atoms with Gasteiger partial charge in [-0.3, -0.25) is 9.59 Å². The third-order valence-corrected chi connectivity index (χ3v) is 4.67. The molecule has 2 heterocycles. The summed E-state index contributed by atoms with van der Waals surface area (Å²) in [6, 6.07) is 12.8. The van der Waals surface area contributed by atoms with Crippen LogP contribution in [0.5, 0.6) is 0 Å².